The van der Waals surface area contributed by atoms with Crippen molar-refractivity contribution in [1.29, 1.82) is 5.26 Å². The van der Waals surface area contributed by atoms with Gasteiger partial charge in [-0.25, -0.2) is 9.97 Å². The highest BCUT2D eigenvalue weighted by atomic mass is 35.5. The number of aliphatic hydroxyl groups excluding tert-OH is 1. The number of carboxylic acids is 1. The SMILES string of the molecule is CC1(Cl)C(c2cccc(Nc3nccc4cc(CN5CC[C@@H](O)C5)cnc34)c2)=CC=CC1c1nc2cc(CN3CC[C@@](C)(C(=O)O)C3)cc(C#N)c2o1. The van der Waals surface area contributed by atoms with Crippen molar-refractivity contribution in [2.45, 2.75) is 56.7 Å². The maximum atomic E-state index is 11.8. The Morgan fingerprint density at radius 1 is 1.11 bits per heavy atom. The van der Waals surface area contributed by atoms with Gasteiger partial charge in [0.05, 0.1) is 27.9 Å². The molecule has 2 aromatic carbocycles. The number of aliphatic carboxylic acids is 1. The second-order valence-electron chi connectivity index (χ2n) is 15.0. The number of nitrogens with zero attached hydrogens (tertiary/aromatic N) is 6. The summed E-state index contributed by atoms with van der Waals surface area (Å²) in [6.07, 6.45) is 10.7. The summed E-state index contributed by atoms with van der Waals surface area (Å²) in [6.45, 7) is 7.65. The average Bonchev–Trinajstić information content (AvgIpc) is 3.86. The highest BCUT2D eigenvalue weighted by Gasteiger charge is 2.42. The molecule has 4 atom stereocenters. The van der Waals surface area contributed by atoms with Crippen LogP contribution in [0.5, 0.6) is 0 Å². The van der Waals surface area contributed by atoms with E-state index in [2.05, 4.69) is 32.2 Å². The molecule has 0 amide bonds. The number of β-amino-alcohol motifs (C(OH)–C–C–N with tert-alkyl or cyclic N) is 1. The van der Waals surface area contributed by atoms with E-state index in [1.165, 1.54) is 0 Å². The van der Waals surface area contributed by atoms with Gasteiger partial charge in [-0.2, -0.15) is 5.26 Å². The standard InChI is InChI=1S/C41H40ClN7O4/c1-40(39(51)52)11-14-49(24-40)21-25-15-29(19-43)36-34(17-25)47-38(53-36)33-8-4-7-32(41(33,2)42)27-5-3-6-30(18-27)46-37-35-28(9-12-44-37)16-26(20-45-35)22-48-13-10-31(50)23-48/h3-9,12,15-18,20,31,33,50H,10-11,13-14,21-24H2,1-2H3,(H,44,46)(H,51,52)/t31-,33?,40-,41?/m1/s1. The number of carbonyl (C=O) groups is 1. The highest BCUT2D eigenvalue weighted by Crippen LogP contribution is 2.48. The number of likely N-dealkylation sites (tertiary alicyclic amines) is 2. The van der Waals surface area contributed by atoms with Crippen molar-refractivity contribution in [2.24, 2.45) is 5.41 Å². The molecule has 2 saturated heterocycles. The summed E-state index contributed by atoms with van der Waals surface area (Å²) >= 11 is 7.45. The molecule has 5 heterocycles. The van der Waals surface area contributed by atoms with E-state index in [-0.39, 0.29) is 6.10 Å². The zero-order chi connectivity index (χ0) is 36.9. The number of nitrogens with one attached hydrogen (secondary N) is 1. The molecule has 2 unspecified atom stereocenters. The lowest BCUT2D eigenvalue weighted by Gasteiger charge is -2.33. The molecule has 3 aliphatic rings. The van der Waals surface area contributed by atoms with Crippen LogP contribution in [0.1, 0.15) is 60.8 Å². The van der Waals surface area contributed by atoms with Crippen LogP contribution in [0.2, 0.25) is 0 Å². The fourth-order valence-corrected chi connectivity index (χ4v) is 8.24. The first kappa shape index (κ1) is 34.9. The number of anilines is 2. The molecule has 3 aromatic heterocycles. The summed E-state index contributed by atoms with van der Waals surface area (Å²) in [5, 5.41) is 34.1. The molecule has 0 radical (unpaired) electrons. The van der Waals surface area contributed by atoms with Gasteiger partial charge in [0.2, 0.25) is 5.89 Å². The van der Waals surface area contributed by atoms with Crippen molar-refractivity contribution in [3.63, 3.8) is 0 Å². The number of hydrogen-bond donors (Lipinski definition) is 3. The van der Waals surface area contributed by atoms with E-state index >= 15 is 0 Å². The molecule has 0 bridgehead atoms. The first-order valence-electron chi connectivity index (χ1n) is 17.9. The number of fused-ring (bicyclic) bond motifs is 2. The summed E-state index contributed by atoms with van der Waals surface area (Å²) < 4.78 is 6.30. The number of allylic oxidation sites excluding steroid dienone is 4. The Bertz CT molecular complexity index is 2350. The quantitative estimate of drug-likeness (QED) is 0.135. The molecule has 270 valence electrons. The Hall–Kier alpha value is -5.12. The van der Waals surface area contributed by atoms with Crippen molar-refractivity contribution in [1.82, 2.24) is 24.8 Å². The van der Waals surface area contributed by atoms with Crippen molar-refractivity contribution >= 4 is 56.7 Å². The number of rotatable bonds is 9. The van der Waals surface area contributed by atoms with E-state index in [0.29, 0.717) is 61.0 Å². The number of carboxylic acid groups (broad SMARTS) is 1. The lowest BCUT2D eigenvalue weighted by molar-refractivity contribution is -0.147. The maximum Gasteiger partial charge on any atom is 0.310 e. The van der Waals surface area contributed by atoms with Crippen LogP contribution in [-0.4, -0.2) is 78.1 Å². The van der Waals surface area contributed by atoms with Gasteiger partial charge < -0.3 is 19.9 Å². The smallest absolute Gasteiger partial charge is 0.310 e. The number of aliphatic hydroxyl groups is 1. The molecule has 2 fully saturated rings. The Morgan fingerprint density at radius 3 is 2.74 bits per heavy atom. The highest BCUT2D eigenvalue weighted by molar-refractivity contribution is 6.31. The number of alkyl halides is 1. The van der Waals surface area contributed by atoms with Crippen LogP contribution in [0.15, 0.2) is 83.6 Å². The summed E-state index contributed by atoms with van der Waals surface area (Å²) in [7, 11) is 0. The third kappa shape index (κ3) is 6.80. The Balaban J connectivity index is 1.02. The van der Waals surface area contributed by atoms with Crippen molar-refractivity contribution < 1.29 is 19.4 Å². The topological polar surface area (TPSA) is 152 Å². The van der Waals surface area contributed by atoms with Gasteiger partial charge in [-0.05, 0) is 91.9 Å². The number of halogens is 1. The molecule has 8 rings (SSSR count). The number of hydrogen-bond acceptors (Lipinski definition) is 10. The van der Waals surface area contributed by atoms with Gasteiger partial charge in [0, 0.05) is 56.2 Å². The minimum atomic E-state index is -0.943. The fraction of sp³-hybridized carbons (Fsp3) is 0.341. The molecular formula is C41H40ClN7O4. The maximum absolute atomic E-state index is 11.8. The van der Waals surface area contributed by atoms with Gasteiger partial charge in [-0.1, -0.05) is 30.4 Å². The summed E-state index contributed by atoms with van der Waals surface area (Å²) in [6, 6.07) is 18.1. The molecule has 2 aliphatic heterocycles. The molecule has 0 spiro atoms. The molecule has 12 heteroatoms. The van der Waals surface area contributed by atoms with Gasteiger partial charge in [0.25, 0.3) is 0 Å². The predicted octanol–water partition coefficient (Wildman–Crippen LogP) is 6.98. The Morgan fingerprint density at radius 2 is 1.96 bits per heavy atom. The monoisotopic (exact) mass is 729 g/mol. The van der Waals surface area contributed by atoms with Crippen LogP contribution in [0.3, 0.4) is 0 Å². The summed E-state index contributed by atoms with van der Waals surface area (Å²) in [5.41, 5.74) is 5.93. The van der Waals surface area contributed by atoms with Gasteiger partial charge in [-0.3, -0.25) is 19.6 Å². The lowest BCUT2D eigenvalue weighted by Crippen LogP contribution is -2.31. The first-order valence-corrected chi connectivity index (χ1v) is 18.3. The van der Waals surface area contributed by atoms with Crippen molar-refractivity contribution in [3.8, 4) is 6.07 Å². The predicted molar refractivity (Wildman–Crippen MR) is 204 cm³/mol. The van der Waals surface area contributed by atoms with Gasteiger partial charge in [0.1, 0.15) is 17.1 Å². The van der Waals surface area contributed by atoms with E-state index in [1.54, 1.807) is 19.2 Å². The third-order valence-electron chi connectivity index (χ3n) is 10.9. The number of benzene rings is 2. The van der Waals surface area contributed by atoms with E-state index in [9.17, 15) is 20.3 Å². The molecule has 0 saturated carbocycles. The van der Waals surface area contributed by atoms with Crippen LogP contribution in [0, 0.1) is 16.7 Å². The zero-order valence-corrected chi connectivity index (χ0v) is 30.3. The Labute approximate surface area is 312 Å². The van der Waals surface area contributed by atoms with Gasteiger partial charge >= 0.3 is 5.97 Å². The van der Waals surface area contributed by atoms with Crippen LogP contribution < -0.4 is 5.32 Å². The summed E-state index contributed by atoms with van der Waals surface area (Å²) in [5.74, 6) is -0.167. The fourth-order valence-electron chi connectivity index (χ4n) is 7.91. The molecule has 1 aliphatic carbocycles. The molecule has 3 N–H and O–H groups in total. The van der Waals surface area contributed by atoms with Crippen LogP contribution in [0.25, 0.3) is 27.6 Å². The molecule has 5 aromatic rings. The van der Waals surface area contributed by atoms with Crippen LogP contribution in [0.4, 0.5) is 11.5 Å². The van der Waals surface area contributed by atoms with E-state index in [0.717, 1.165) is 58.4 Å². The molecular weight excluding hydrogens is 690 g/mol. The number of pyridine rings is 2. The minimum absolute atomic E-state index is 0.261. The number of aromatic nitrogens is 3. The van der Waals surface area contributed by atoms with Crippen LogP contribution >= 0.6 is 11.6 Å². The second-order valence-corrected chi connectivity index (χ2v) is 15.7. The minimum Gasteiger partial charge on any atom is -0.481 e. The van der Waals surface area contributed by atoms with E-state index < -0.39 is 22.2 Å². The number of nitriles is 1. The van der Waals surface area contributed by atoms with Crippen molar-refractivity contribution in [3.05, 3.63) is 107 Å². The first-order chi connectivity index (χ1) is 25.5. The van der Waals surface area contributed by atoms with E-state index in [1.807, 2.05) is 67.7 Å². The molecule has 53 heavy (non-hydrogen) atoms. The molecule has 11 nitrogen and oxygen atoms in total. The van der Waals surface area contributed by atoms with Crippen LogP contribution in [-0.2, 0) is 17.9 Å². The lowest BCUT2D eigenvalue weighted by atomic mass is 9.79. The third-order valence-corrected chi connectivity index (χ3v) is 11.3. The van der Waals surface area contributed by atoms with Gasteiger partial charge in [-0.15, -0.1) is 11.6 Å². The normalized spacial score (nSPS) is 24.8. The average molecular weight is 730 g/mol. The second kappa shape index (κ2) is 13.7. The van der Waals surface area contributed by atoms with Crippen molar-refractivity contribution in [2.75, 3.05) is 31.5 Å². The largest absolute Gasteiger partial charge is 0.481 e. The zero-order valence-electron chi connectivity index (χ0n) is 29.6. The number of oxazole rings is 1. The van der Waals surface area contributed by atoms with E-state index in [4.69, 9.17) is 26.0 Å². The Kier molecular flexibility index (Phi) is 9.03. The summed E-state index contributed by atoms with van der Waals surface area (Å²) in [4.78, 5) is 29.4. The van der Waals surface area contributed by atoms with Gasteiger partial charge in [0.15, 0.2) is 11.4 Å².